The van der Waals surface area contributed by atoms with E-state index in [0.29, 0.717) is 0 Å². The fourth-order valence-corrected chi connectivity index (χ4v) is 1.01. The van der Waals surface area contributed by atoms with Gasteiger partial charge < -0.3 is 29.6 Å². The van der Waals surface area contributed by atoms with Crippen molar-refractivity contribution < 1.29 is 34.4 Å². The van der Waals surface area contributed by atoms with Gasteiger partial charge in [-0.05, 0) is 0 Å². The third kappa shape index (κ3) is 1.96. The first kappa shape index (κ1) is 13.1. The zero-order valence-corrected chi connectivity index (χ0v) is 8.30. The number of carboxylic acids is 2. The van der Waals surface area contributed by atoms with Crippen molar-refractivity contribution in [2.45, 2.75) is 18.1 Å². The number of cyclic esters (lactones) is 1. The molecule has 0 bridgehead atoms. The summed E-state index contributed by atoms with van der Waals surface area (Å²) in [4.78, 5) is 31.0. The largest absolute Gasteiger partial charge is 2.00 e. The van der Waals surface area contributed by atoms with Crippen molar-refractivity contribution in [3.63, 3.8) is 0 Å². The Balaban J connectivity index is 0.00000169. The molecular weight excluding hydrogens is 208 g/mol. The molecule has 7 nitrogen and oxygen atoms in total. The fourth-order valence-electron chi connectivity index (χ4n) is 1.01. The second-order valence-corrected chi connectivity index (χ2v) is 2.58. The summed E-state index contributed by atoms with van der Waals surface area (Å²) < 4.78 is 4.03. The number of ether oxygens (including phenoxy) is 1. The van der Waals surface area contributed by atoms with Crippen LogP contribution in [-0.4, -0.2) is 57.8 Å². The standard InChI is InChI=1S/C6H6O7.Mg/c7-2-1-6(12,5(10)11)3(13-2)4(8)9;/h3,12H,1H2,(H,8,9)(H,10,11);/q;+2/p-2. The van der Waals surface area contributed by atoms with Gasteiger partial charge in [-0.2, -0.15) is 0 Å². The Labute approximate surface area is 93.8 Å². The van der Waals surface area contributed by atoms with Crippen molar-refractivity contribution in [1.82, 2.24) is 0 Å². The van der Waals surface area contributed by atoms with Crippen LogP contribution in [0.4, 0.5) is 0 Å². The molecule has 1 rings (SSSR count). The molecule has 1 fully saturated rings. The van der Waals surface area contributed by atoms with Crippen LogP contribution in [0.15, 0.2) is 0 Å². The maximum Gasteiger partial charge on any atom is 2.00 e. The van der Waals surface area contributed by atoms with E-state index in [4.69, 9.17) is 5.11 Å². The number of rotatable bonds is 2. The smallest absolute Gasteiger partial charge is 0.547 e. The van der Waals surface area contributed by atoms with Crippen molar-refractivity contribution in [2.24, 2.45) is 0 Å². The van der Waals surface area contributed by atoms with E-state index >= 15 is 0 Å². The summed E-state index contributed by atoms with van der Waals surface area (Å²) in [6.45, 7) is 0. The number of hydrogen-bond donors (Lipinski definition) is 1. The Morgan fingerprint density at radius 3 is 2.29 bits per heavy atom. The van der Waals surface area contributed by atoms with Gasteiger partial charge in [-0.25, -0.2) is 0 Å². The minimum absolute atomic E-state index is 0. The molecule has 0 aromatic rings. The molecule has 72 valence electrons. The van der Waals surface area contributed by atoms with Crippen LogP contribution in [0.5, 0.6) is 0 Å². The molecule has 14 heavy (non-hydrogen) atoms. The van der Waals surface area contributed by atoms with Gasteiger partial charge in [-0.3, -0.25) is 4.79 Å². The number of carbonyl (C=O) groups excluding carboxylic acids is 3. The van der Waals surface area contributed by atoms with Crippen LogP contribution in [0.25, 0.3) is 0 Å². The van der Waals surface area contributed by atoms with Crippen LogP contribution in [0.3, 0.4) is 0 Å². The summed E-state index contributed by atoms with van der Waals surface area (Å²) in [6.07, 6.45) is -3.15. The zero-order valence-electron chi connectivity index (χ0n) is 6.89. The van der Waals surface area contributed by atoms with Gasteiger partial charge in [0.25, 0.3) is 0 Å². The van der Waals surface area contributed by atoms with Gasteiger partial charge >= 0.3 is 29.0 Å². The molecule has 0 spiro atoms. The van der Waals surface area contributed by atoms with Crippen LogP contribution >= 0.6 is 0 Å². The SMILES string of the molecule is O=C1CC(O)(C(=O)[O-])C(C(=O)[O-])O1.[Mg+2]. The number of carboxylic acid groups (broad SMARTS) is 2. The van der Waals surface area contributed by atoms with Crippen molar-refractivity contribution >= 4 is 41.0 Å². The van der Waals surface area contributed by atoms with E-state index in [2.05, 4.69) is 4.74 Å². The number of carbonyl (C=O) groups is 3. The maximum absolute atomic E-state index is 10.5. The molecule has 2 unspecified atom stereocenters. The summed E-state index contributed by atoms with van der Waals surface area (Å²) >= 11 is 0. The Bertz CT molecular complexity index is 288. The van der Waals surface area contributed by atoms with Crippen molar-refractivity contribution in [3.05, 3.63) is 0 Å². The molecule has 0 aromatic heterocycles. The van der Waals surface area contributed by atoms with Gasteiger partial charge in [0.2, 0.25) is 0 Å². The Morgan fingerprint density at radius 1 is 1.50 bits per heavy atom. The molecule has 0 aromatic carbocycles. The normalized spacial score (nSPS) is 30.4. The van der Waals surface area contributed by atoms with Crippen molar-refractivity contribution in [1.29, 1.82) is 0 Å². The monoisotopic (exact) mass is 212 g/mol. The van der Waals surface area contributed by atoms with Gasteiger partial charge in [0, 0.05) is 0 Å². The van der Waals surface area contributed by atoms with E-state index in [1.807, 2.05) is 0 Å². The Kier molecular flexibility index (Phi) is 3.86. The third-order valence-electron chi connectivity index (χ3n) is 1.66. The van der Waals surface area contributed by atoms with Crippen LogP contribution in [-0.2, 0) is 19.1 Å². The molecule has 8 heteroatoms. The average Bonchev–Trinajstić information content (AvgIpc) is 2.27. The van der Waals surface area contributed by atoms with Gasteiger partial charge in [0.05, 0.1) is 18.4 Å². The van der Waals surface area contributed by atoms with E-state index < -0.39 is 36.0 Å². The molecule has 0 radical (unpaired) electrons. The summed E-state index contributed by atoms with van der Waals surface area (Å²) in [5, 5.41) is 29.7. The third-order valence-corrected chi connectivity index (χ3v) is 1.66. The minimum atomic E-state index is -2.82. The van der Waals surface area contributed by atoms with Gasteiger partial charge in [0.15, 0.2) is 11.7 Å². The fraction of sp³-hybridized carbons (Fsp3) is 0.500. The summed E-state index contributed by atoms with van der Waals surface area (Å²) in [6, 6.07) is 0. The van der Waals surface area contributed by atoms with Gasteiger partial charge in [0.1, 0.15) is 0 Å². The van der Waals surface area contributed by atoms with Gasteiger partial charge in [-0.15, -0.1) is 0 Å². The minimum Gasteiger partial charge on any atom is -0.547 e. The van der Waals surface area contributed by atoms with Crippen LogP contribution < -0.4 is 10.2 Å². The number of aliphatic carboxylic acids is 2. The molecule has 0 aliphatic carbocycles. The quantitative estimate of drug-likeness (QED) is 0.359. The molecule has 1 N–H and O–H groups in total. The number of esters is 1. The van der Waals surface area contributed by atoms with Crippen LogP contribution in [0.2, 0.25) is 0 Å². The molecule has 1 heterocycles. The summed E-state index contributed by atoms with van der Waals surface area (Å²) in [5.41, 5.74) is -2.82. The first-order chi connectivity index (χ1) is 5.88. The molecule has 1 saturated heterocycles. The first-order valence-electron chi connectivity index (χ1n) is 3.22. The topological polar surface area (TPSA) is 127 Å². The van der Waals surface area contributed by atoms with E-state index in [0.717, 1.165) is 0 Å². The Morgan fingerprint density at radius 2 is 2.00 bits per heavy atom. The average molecular weight is 212 g/mol. The first-order valence-corrected chi connectivity index (χ1v) is 3.22. The second kappa shape index (κ2) is 4.11. The molecule has 1 aliphatic heterocycles. The van der Waals surface area contributed by atoms with E-state index in [1.165, 1.54) is 0 Å². The van der Waals surface area contributed by atoms with E-state index in [1.54, 1.807) is 0 Å². The van der Waals surface area contributed by atoms with Crippen molar-refractivity contribution in [3.8, 4) is 0 Å². The predicted octanol–water partition coefficient (Wildman–Crippen LogP) is -4.85. The second-order valence-electron chi connectivity index (χ2n) is 2.58. The number of hydrogen-bond acceptors (Lipinski definition) is 7. The van der Waals surface area contributed by atoms with Gasteiger partial charge in [-0.1, -0.05) is 0 Å². The molecule has 0 saturated carbocycles. The molecule has 2 atom stereocenters. The van der Waals surface area contributed by atoms with Crippen molar-refractivity contribution in [2.75, 3.05) is 0 Å². The van der Waals surface area contributed by atoms with Crippen LogP contribution in [0, 0.1) is 0 Å². The maximum atomic E-state index is 10.5. The predicted molar refractivity (Wildman–Crippen MR) is 35.2 cm³/mol. The molecule has 1 aliphatic rings. The van der Waals surface area contributed by atoms with E-state index in [9.17, 15) is 24.6 Å². The molecular formula is C6H4MgO7. The summed E-state index contributed by atoms with van der Waals surface area (Å²) in [7, 11) is 0. The molecule has 0 amide bonds. The van der Waals surface area contributed by atoms with Crippen LogP contribution in [0.1, 0.15) is 6.42 Å². The van der Waals surface area contributed by atoms with E-state index in [-0.39, 0.29) is 23.1 Å². The number of aliphatic hydroxyl groups is 1. The zero-order chi connectivity index (χ0) is 10.2. The summed E-state index contributed by atoms with van der Waals surface area (Å²) in [5.74, 6) is -5.18. The Hall–Kier alpha value is -0.864.